The first-order valence-corrected chi connectivity index (χ1v) is 6.20. The van der Waals surface area contributed by atoms with Crippen LogP contribution in [0.5, 0.6) is 0 Å². The van der Waals surface area contributed by atoms with Crippen LogP contribution in [0.1, 0.15) is 38.5 Å². The molecule has 6 heteroatoms. The summed E-state index contributed by atoms with van der Waals surface area (Å²) in [5, 5.41) is 20.4. The smallest absolute Gasteiger partial charge is 0.275 e. The zero-order valence-corrected chi connectivity index (χ0v) is 9.89. The Bertz CT molecular complexity index is 290. The van der Waals surface area contributed by atoms with Crippen molar-refractivity contribution in [3.05, 3.63) is 10.1 Å². The van der Waals surface area contributed by atoms with Gasteiger partial charge < -0.3 is 14.6 Å². The predicted molar refractivity (Wildman–Crippen MR) is 59.1 cm³/mol. The number of rotatable bonds is 4. The molecule has 1 N–H and O–H groups in total. The minimum absolute atomic E-state index is 0.0360. The van der Waals surface area contributed by atoms with E-state index in [1.54, 1.807) is 0 Å². The molecule has 1 aliphatic carbocycles. The molecule has 2 aliphatic rings. The molecule has 17 heavy (non-hydrogen) atoms. The van der Waals surface area contributed by atoms with Crippen molar-refractivity contribution >= 4 is 0 Å². The Balaban J connectivity index is 2.28. The van der Waals surface area contributed by atoms with Crippen molar-refractivity contribution in [2.24, 2.45) is 0 Å². The van der Waals surface area contributed by atoms with E-state index in [9.17, 15) is 10.1 Å². The van der Waals surface area contributed by atoms with Gasteiger partial charge in [-0.25, -0.2) is 0 Å². The number of hydrogen-bond donors (Lipinski definition) is 1. The van der Waals surface area contributed by atoms with Crippen molar-refractivity contribution in [2.45, 2.75) is 49.9 Å². The van der Waals surface area contributed by atoms with E-state index in [4.69, 9.17) is 14.6 Å². The number of aliphatic hydroxyl groups excluding tert-OH is 1. The molecule has 0 aromatic rings. The molecule has 0 aromatic heterocycles. The lowest BCUT2D eigenvalue weighted by atomic mass is 9.73. The topological polar surface area (TPSA) is 81.8 Å². The fourth-order valence-electron chi connectivity index (χ4n) is 3.07. The van der Waals surface area contributed by atoms with E-state index in [-0.39, 0.29) is 11.5 Å². The summed E-state index contributed by atoms with van der Waals surface area (Å²) in [5.41, 5.74) is -1.18. The number of ether oxygens (including phenoxy) is 2. The molecule has 1 saturated carbocycles. The molecule has 98 valence electrons. The summed E-state index contributed by atoms with van der Waals surface area (Å²) in [6.07, 6.45) is 3.50. The van der Waals surface area contributed by atoms with Gasteiger partial charge in [0.2, 0.25) is 5.79 Å². The normalized spacial score (nSPS) is 31.8. The minimum atomic E-state index is -1.18. The van der Waals surface area contributed by atoms with Crippen LogP contribution in [0.25, 0.3) is 0 Å². The van der Waals surface area contributed by atoms with Gasteiger partial charge in [0.1, 0.15) is 0 Å². The van der Waals surface area contributed by atoms with Gasteiger partial charge in [0.05, 0.1) is 13.2 Å². The highest BCUT2D eigenvalue weighted by Gasteiger charge is 2.65. The first kappa shape index (κ1) is 12.7. The highest BCUT2D eigenvalue weighted by Crippen LogP contribution is 2.47. The van der Waals surface area contributed by atoms with Crippen molar-refractivity contribution in [1.82, 2.24) is 0 Å². The van der Waals surface area contributed by atoms with Crippen LogP contribution in [0.3, 0.4) is 0 Å². The molecule has 0 aromatic carbocycles. The van der Waals surface area contributed by atoms with Crippen molar-refractivity contribution in [2.75, 3.05) is 19.8 Å². The number of nitrogens with zero attached hydrogens (tertiary/aromatic N) is 1. The van der Waals surface area contributed by atoms with Crippen LogP contribution in [0.2, 0.25) is 0 Å². The lowest BCUT2D eigenvalue weighted by Gasteiger charge is -2.42. The highest BCUT2D eigenvalue weighted by molar-refractivity contribution is 5.00. The molecule has 1 saturated heterocycles. The van der Waals surface area contributed by atoms with E-state index in [1.807, 2.05) is 0 Å². The molecule has 1 atom stereocenters. The van der Waals surface area contributed by atoms with Gasteiger partial charge in [-0.15, -0.1) is 0 Å². The summed E-state index contributed by atoms with van der Waals surface area (Å²) < 4.78 is 11.2. The first-order chi connectivity index (χ1) is 8.17. The van der Waals surface area contributed by atoms with Gasteiger partial charge in [-0.05, 0) is 19.3 Å². The summed E-state index contributed by atoms with van der Waals surface area (Å²) in [6, 6.07) is 0. The number of aliphatic hydroxyl groups is 1. The van der Waals surface area contributed by atoms with Crippen molar-refractivity contribution < 1.29 is 19.5 Å². The lowest BCUT2D eigenvalue weighted by Crippen LogP contribution is -2.61. The SMILES string of the molecule is O=[N+]([O-])[C@@]1(CCCO)CCCCC12OCCO2. The van der Waals surface area contributed by atoms with Gasteiger partial charge in [0.15, 0.2) is 0 Å². The van der Waals surface area contributed by atoms with Gasteiger partial charge in [-0.3, -0.25) is 10.1 Å². The molecule has 2 fully saturated rings. The Labute approximate surface area is 100 Å². The Morgan fingerprint density at radius 3 is 2.47 bits per heavy atom. The van der Waals surface area contributed by atoms with Gasteiger partial charge in [-0.1, -0.05) is 0 Å². The third-order valence-corrected chi connectivity index (χ3v) is 3.91. The highest BCUT2D eigenvalue weighted by atomic mass is 16.8. The fraction of sp³-hybridized carbons (Fsp3) is 1.00. The van der Waals surface area contributed by atoms with Crippen LogP contribution in [0.15, 0.2) is 0 Å². The number of nitro groups is 1. The predicted octanol–water partition coefficient (Wildman–Crippen LogP) is 1.09. The second kappa shape index (κ2) is 4.88. The van der Waals surface area contributed by atoms with Gasteiger partial charge in [-0.2, -0.15) is 0 Å². The van der Waals surface area contributed by atoms with Gasteiger partial charge in [0, 0.05) is 30.8 Å². The quantitative estimate of drug-likeness (QED) is 0.592. The molecule has 1 aliphatic heterocycles. The zero-order chi connectivity index (χ0) is 12.4. The second-order valence-corrected chi connectivity index (χ2v) is 4.77. The molecular weight excluding hydrogens is 226 g/mol. The van der Waals surface area contributed by atoms with Crippen LogP contribution in [-0.4, -0.2) is 41.2 Å². The van der Waals surface area contributed by atoms with E-state index < -0.39 is 11.3 Å². The van der Waals surface area contributed by atoms with Crippen molar-refractivity contribution in [1.29, 1.82) is 0 Å². The molecule has 2 rings (SSSR count). The lowest BCUT2D eigenvalue weighted by molar-refractivity contribution is -0.617. The maximum absolute atomic E-state index is 11.5. The van der Waals surface area contributed by atoms with E-state index in [1.165, 1.54) is 0 Å². The summed E-state index contributed by atoms with van der Waals surface area (Å²) in [6.45, 7) is 0.815. The second-order valence-electron chi connectivity index (χ2n) is 4.77. The summed E-state index contributed by atoms with van der Waals surface area (Å²) in [4.78, 5) is 11.3. The molecule has 0 amide bonds. The van der Waals surface area contributed by atoms with Crippen LogP contribution in [-0.2, 0) is 9.47 Å². The van der Waals surface area contributed by atoms with E-state index >= 15 is 0 Å². The Morgan fingerprint density at radius 2 is 1.88 bits per heavy atom. The molecule has 0 bridgehead atoms. The van der Waals surface area contributed by atoms with Crippen LogP contribution < -0.4 is 0 Å². The van der Waals surface area contributed by atoms with Crippen LogP contribution >= 0.6 is 0 Å². The summed E-state index contributed by atoms with van der Waals surface area (Å²) in [5.74, 6) is -1.05. The summed E-state index contributed by atoms with van der Waals surface area (Å²) >= 11 is 0. The molecule has 6 nitrogen and oxygen atoms in total. The standard InChI is InChI=1S/C11H19NO5/c13-7-3-5-10(12(14)15)4-1-2-6-11(10)16-8-9-17-11/h13H,1-9H2/t10-/m1/s1. The number of hydrogen-bond acceptors (Lipinski definition) is 5. The Hall–Kier alpha value is -0.720. The van der Waals surface area contributed by atoms with Gasteiger partial charge in [0.25, 0.3) is 5.54 Å². The van der Waals surface area contributed by atoms with Gasteiger partial charge >= 0.3 is 0 Å². The Morgan fingerprint density at radius 1 is 1.24 bits per heavy atom. The third kappa shape index (κ3) is 1.94. The minimum Gasteiger partial charge on any atom is -0.396 e. The van der Waals surface area contributed by atoms with E-state index in [0.717, 1.165) is 12.8 Å². The van der Waals surface area contributed by atoms with E-state index in [2.05, 4.69) is 0 Å². The molecule has 1 heterocycles. The summed E-state index contributed by atoms with van der Waals surface area (Å²) in [7, 11) is 0. The van der Waals surface area contributed by atoms with Crippen molar-refractivity contribution in [3.8, 4) is 0 Å². The average molecular weight is 245 g/mol. The molecule has 0 radical (unpaired) electrons. The van der Waals surface area contributed by atoms with Crippen molar-refractivity contribution in [3.63, 3.8) is 0 Å². The average Bonchev–Trinajstić information content (AvgIpc) is 2.78. The first-order valence-electron chi connectivity index (χ1n) is 6.20. The maximum atomic E-state index is 11.5. The molecular formula is C11H19NO5. The Kier molecular flexibility index (Phi) is 3.65. The monoisotopic (exact) mass is 245 g/mol. The third-order valence-electron chi connectivity index (χ3n) is 3.91. The zero-order valence-electron chi connectivity index (χ0n) is 9.89. The van der Waals surface area contributed by atoms with Crippen LogP contribution in [0.4, 0.5) is 0 Å². The molecule has 1 spiro atoms. The van der Waals surface area contributed by atoms with Crippen LogP contribution in [0, 0.1) is 10.1 Å². The van der Waals surface area contributed by atoms with E-state index in [0.29, 0.717) is 38.9 Å². The fourth-order valence-corrected chi connectivity index (χ4v) is 3.07. The maximum Gasteiger partial charge on any atom is 0.275 e. The molecule has 0 unspecified atom stereocenters. The largest absolute Gasteiger partial charge is 0.396 e.